The third kappa shape index (κ3) is 3.57. The summed E-state index contributed by atoms with van der Waals surface area (Å²) in [6, 6.07) is 0.936. The topological polar surface area (TPSA) is 126 Å². The minimum atomic E-state index is -1.15. The molecule has 1 saturated carbocycles. The van der Waals surface area contributed by atoms with Crippen LogP contribution in [0.2, 0.25) is 0 Å². The van der Waals surface area contributed by atoms with E-state index in [-0.39, 0.29) is 11.6 Å². The summed E-state index contributed by atoms with van der Waals surface area (Å²) >= 11 is 0. The molecule has 25 heavy (non-hydrogen) atoms. The Morgan fingerprint density at radius 1 is 1.36 bits per heavy atom. The quantitative estimate of drug-likeness (QED) is 0.826. The summed E-state index contributed by atoms with van der Waals surface area (Å²) in [6.07, 6.45) is 2.15. The number of carbonyl (C=O) groups excluding carboxylic acids is 1. The van der Waals surface area contributed by atoms with E-state index in [0.717, 1.165) is 12.8 Å². The van der Waals surface area contributed by atoms with Crippen molar-refractivity contribution in [2.45, 2.75) is 31.7 Å². The van der Waals surface area contributed by atoms with Gasteiger partial charge >= 0.3 is 6.09 Å². The van der Waals surface area contributed by atoms with E-state index in [1.807, 2.05) is 0 Å². The molecule has 1 aliphatic rings. The van der Waals surface area contributed by atoms with Gasteiger partial charge in [0.1, 0.15) is 12.0 Å². The smallest absolute Gasteiger partial charge is 0.405 e. The van der Waals surface area contributed by atoms with Crippen LogP contribution >= 0.6 is 0 Å². The Hall–Kier alpha value is -3.04. The van der Waals surface area contributed by atoms with E-state index in [1.165, 1.54) is 22.0 Å². The summed E-state index contributed by atoms with van der Waals surface area (Å²) in [5, 5.41) is 15.8. The van der Waals surface area contributed by atoms with Gasteiger partial charge in [0.15, 0.2) is 17.5 Å². The lowest BCUT2D eigenvalue weighted by Gasteiger charge is -2.13. The number of carboxylic acid groups (broad SMARTS) is 1. The molecule has 2 heterocycles. The summed E-state index contributed by atoms with van der Waals surface area (Å²) in [6.45, 7) is 1.68. The number of amides is 2. The fraction of sp³-hybridized carbons (Fsp3) is 0.467. The molecule has 2 N–H and O–H groups in total. The molecule has 3 rings (SSSR count). The molecule has 132 valence electrons. The minimum absolute atomic E-state index is 0.225. The van der Waals surface area contributed by atoms with Crippen molar-refractivity contribution in [1.29, 1.82) is 0 Å². The molecular formula is C15H19N7O3. The third-order valence-electron chi connectivity index (χ3n) is 3.81. The van der Waals surface area contributed by atoms with E-state index in [4.69, 9.17) is 5.11 Å². The largest absolute Gasteiger partial charge is 0.465 e. The predicted octanol–water partition coefficient (Wildman–Crippen LogP) is 0.965. The highest BCUT2D eigenvalue weighted by Gasteiger charge is 2.31. The van der Waals surface area contributed by atoms with E-state index >= 15 is 0 Å². The zero-order valence-corrected chi connectivity index (χ0v) is 14.2. The molecule has 2 amide bonds. The second-order valence-electron chi connectivity index (χ2n) is 6.15. The van der Waals surface area contributed by atoms with E-state index in [9.17, 15) is 9.59 Å². The van der Waals surface area contributed by atoms with Crippen molar-refractivity contribution in [2.75, 3.05) is 14.1 Å². The zero-order chi connectivity index (χ0) is 18.1. The van der Waals surface area contributed by atoms with Crippen LogP contribution in [0, 0.1) is 0 Å². The highest BCUT2D eigenvalue weighted by atomic mass is 16.4. The van der Waals surface area contributed by atoms with Crippen LogP contribution in [0.1, 0.15) is 53.9 Å². The number of nitrogens with zero attached hydrogens (tertiary/aromatic N) is 6. The highest BCUT2D eigenvalue weighted by molar-refractivity contribution is 5.92. The zero-order valence-electron chi connectivity index (χ0n) is 14.2. The summed E-state index contributed by atoms with van der Waals surface area (Å²) in [5.41, 5.74) is 0.225. The van der Waals surface area contributed by atoms with Gasteiger partial charge in [-0.3, -0.25) is 4.79 Å². The number of nitrogens with one attached hydrogen (secondary N) is 1. The molecule has 0 aliphatic heterocycles. The maximum absolute atomic E-state index is 12.1. The number of rotatable bonds is 5. The van der Waals surface area contributed by atoms with Gasteiger partial charge in [-0.15, -0.1) is 5.10 Å². The first kappa shape index (κ1) is 16.8. The van der Waals surface area contributed by atoms with Crippen LogP contribution in [0.15, 0.2) is 12.4 Å². The molecule has 0 radical (unpaired) electrons. The number of aromatic nitrogens is 5. The highest BCUT2D eigenvalue weighted by Crippen LogP contribution is 2.38. The summed E-state index contributed by atoms with van der Waals surface area (Å²) in [4.78, 5) is 37.1. The van der Waals surface area contributed by atoms with Crippen molar-refractivity contribution in [2.24, 2.45) is 0 Å². The van der Waals surface area contributed by atoms with Crippen LogP contribution in [0.4, 0.5) is 4.79 Å². The van der Waals surface area contributed by atoms with E-state index < -0.39 is 12.1 Å². The van der Waals surface area contributed by atoms with E-state index in [2.05, 4.69) is 25.4 Å². The molecule has 10 nitrogen and oxygen atoms in total. The van der Waals surface area contributed by atoms with Gasteiger partial charge in [-0.2, -0.15) is 4.68 Å². The monoisotopic (exact) mass is 345 g/mol. The van der Waals surface area contributed by atoms with Crippen molar-refractivity contribution >= 4 is 12.0 Å². The van der Waals surface area contributed by atoms with Gasteiger partial charge in [-0.1, -0.05) is 0 Å². The van der Waals surface area contributed by atoms with Crippen molar-refractivity contribution < 1.29 is 14.7 Å². The molecule has 10 heteroatoms. The first-order chi connectivity index (χ1) is 11.9. The fourth-order valence-corrected chi connectivity index (χ4v) is 2.36. The summed E-state index contributed by atoms with van der Waals surface area (Å²) < 4.78 is 1.47. The maximum atomic E-state index is 12.1. The Kier molecular flexibility index (Phi) is 4.34. The van der Waals surface area contributed by atoms with Crippen LogP contribution in [0.25, 0.3) is 5.82 Å². The Morgan fingerprint density at radius 3 is 2.68 bits per heavy atom. The van der Waals surface area contributed by atoms with Crippen molar-refractivity contribution in [3.8, 4) is 5.82 Å². The van der Waals surface area contributed by atoms with Gasteiger partial charge in [0.25, 0.3) is 5.91 Å². The lowest BCUT2D eigenvalue weighted by molar-refractivity contribution is 0.0821. The molecule has 1 aliphatic carbocycles. The standard InChI is InChI=1S/C15H19N7O3/c1-8(18-15(24)25)13-19-12(9-4-5-9)20-22(13)11-6-10(16-7-17-11)14(23)21(2)3/h6-9,18H,4-5H2,1-3H3,(H,24,25)/t8-/m0/s1. The second kappa shape index (κ2) is 6.46. The van der Waals surface area contributed by atoms with Crippen molar-refractivity contribution in [3.05, 3.63) is 29.7 Å². The molecule has 0 saturated heterocycles. The SMILES string of the molecule is C[C@H](NC(=O)O)c1nc(C2CC2)nn1-c1cc(C(=O)N(C)C)ncn1. The molecule has 0 unspecified atom stereocenters. The number of hydrogen-bond donors (Lipinski definition) is 2. The average molecular weight is 345 g/mol. The van der Waals surface area contributed by atoms with Crippen LogP contribution < -0.4 is 5.32 Å². The molecule has 2 aromatic heterocycles. The Labute approximate surface area is 143 Å². The minimum Gasteiger partial charge on any atom is -0.465 e. The third-order valence-corrected chi connectivity index (χ3v) is 3.81. The van der Waals surface area contributed by atoms with Crippen molar-refractivity contribution in [1.82, 2.24) is 34.9 Å². The average Bonchev–Trinajstić information content (AvgIpc) is 3.32. The van der Waals surface area contributed by atoms with Crippen LogP contribution in [-0.4, -0.2) is 60.8 Å². The molecular weight excluding hydrogens is 326 g/mol. The Bertz CT molecular complexity index is 813. The lowest BCUT2D eigenvalue weighted by Crippen LogP contribution is -2.27. The Morgan fingerprint density at radius 2 is 2.08 bits per heavy atom. The normalized spacial score (nSPS) is 14.8. The Balaban J connectivity index is 2.02. The predicted molar refractivity (Wildman–Crippen MR) is 86.5 cm³/mol. The fourth-order valence-electron chi connectivity index (χ4n) is 2.36. The van der Waals surface area contributed by atoms with E-state index in [0.29, 0.717) is 23.4 Å². The first-order valence-corrected chi connectivity index (χ1v) is 7.87. The molecule has 1 atom stereocenters. The van der Waals surface area contributed by atoms with Gasteiger partial charge in [0.05, 0.1) is 6.04 Å². The van der Waals surface area contributed by atoms with Gasteiger partial charge in [-0.05, 0) is 19.8 Å². The molecule has 0 bridgehead atoms. The van der Waals surface area contributed by atoms with Gasteiger partial charge in [0.2, 0.25) is 0 Å². The van der Waals surface area contributed by atoms with Crippen LogP contribution in [-0.2, 0) is 0 Å². The number of carbonyl (C=O) groups is 2. The van der Waals surface area contributed by atoms with E-state index in [1.54, 1.807) is 21.0 Å². The number of hydrogen-bond acceptors (Lipinski definition) is 6. The molecule has 0 aromatic carbocycles. The second-order valence-corrected chi connectivity index (χ2v) is 6.15. The molecule has 2 aromatic rings. The van der Waals surface area contributed by atoms with Gasteiger partial charge in [0, 0.05) is 26.1 Å². The molecule has 1 fully saturated rings. The summed E-state index contributed by atoms with van der Waals surface area (Å²) in [5.74, 6) is 1.49. The van der Waals surface area contributed by atoms with Gasteiger partial charge in [-0.25, -0.2) is 19.7 Å². The maximum Gasteiger partial charge on any atom is 0.405 e. The van der Waals surface area contributed by atoms with Crippen LogP contribution in [0.5, 0.6) is 0 Å². The summed E-state index contributed by atoms with van der Waals surface area (Å²) in [7, 11) is 3.27. The lowest BCUT2D eigenvalue weighted by atomic mass is 10.3. The van der Waals surface area contributed by atoms with Crippen LogP contribution in [0.3, 0.4) is 0 Å². The van der Waals surface area contributed by atoms with Crippen molar-refractivity contribution in [3.63, 3.8) is 0 Å². The first-order valence-electron chi connectivity index (χ1n) is 7.87. The van der Waals surface area contributed by atoms with Gasteiger partial charge < -0.3 is 15.3 Å². The molecule has 0 spiro atoms.